The first-order valence-corrected chi connectivity index (χ1v) is 6.99. The van der Waals surface area contributed by atoms with Crippen molar-refractivity contribution in [2.75, 3.05) is 0 Å². The summed E-state index contributed by atoms with van der Waals surface area (Å²) in [5, 5.41) is 15.7. The fourth-order valence-corrected chi connectivity index (χ4v) is 2.99. The highest BCUT2D eigenvalue weighted by Gasteiger charge is 2.29. The van der Waals surface area contributed by atoms with Gasteiger partial charge < -0.3 is 0 Å². The van der Waals surface area contributed by atoms with Crippen molar-refractivity contribution < 1.29 is 13.3 Å². The first-order valence-electron chi connectivity index (χ1n) is 3.86. The van der Waals surface area contributed by atoms with Crippen LogP contribution in [0.5, 0.6) is 0 Å². The third-order valence-corrected chi connectivity index (χ3v) is 4.74. The molecule has 0 amide bonds. The highest BCUT2D eigenvalue weighted by molar-refractivity contribution is 9.13. The monoisotopic (exact) mass is 382 g/mol. The van der Waals surface area contributed by atoms with E-state index in [9.17, 15) is 18.5 Å². The van der Waals surface area contributed by atoms with E-state index in [-0.39, 0.29) is 14.5 Å². The molecule has 2 N–H and O–H groups in total. The van der Waals surface area contributed by atoms with Gasteiger partial charge in [-0.05, 0) is 31.9 Å². The second-order valence-corrected chi connectivity index (χ2v) is 5.99. The molecule has 0 aliphatic rings. The van der Waals surface area contributed by atoms with Crippen molar-refractivity contribution in [2.45, 2.75) is 4.90 Å². The number of hydrogen-bond acceptors (Lipinski definition) is 4. The van der Waals surface area contributed by atoms with Gasteiger partial charge in [0.1, 0.15) is 0 Å². The number of nitro benzene ring substituents is 1. The number of rotatable bonds is 2. The summed E-state index contributed by atoms with van der Waals surface area (Å²) in [4.78, 5) is 9.24. The van der Waals surface area contributed by atoms with Crippen LogP contribution in [0.2, 0.25) is 0 Å². The molecule has 1 aromatic carbocycles. The SMILES string of the molecule is C#Cc1c(Br)c(Br)cc([N+](=O)[O-])c1S(N)(=O)=O. The molecule has 0 aliphatic carbocycles. The Bertz CT molecular complexity index is 648. The van der Waals surface area contributed by atoms with Gasteiger partial charge in [-0.25, -0.2) is 13.6 Å². The maximum Gasteiger partial charge on any atom is 0.291 e. The highest BCUT2D eigenvalue weighted by atomic mass is 79.9. The van der Waals surface area contributed by atoms with Crippen LogP contribution in [-0.4, -0.2) is 13.3 Å². The van der Waals surface area contributed by atoms with E-state index in [1.54, 1.807) is 0 Å². The zero-order valence-electron chi connectivity index (χ0n) is 7.98. The Morgan fingerprint density at radius 1 is 1.47 bits per heavy atom. The molecule has 0 unspecified atom stereocenters. The molecule has 0 atom stereocenters. The minimum atomic E-state index is -4.30. The maximum absolute atomic E-state index is 11.3. The van der Waals surface area contributed by atoms with E-state index in [0.717, 1.165) is 6.07 Å². The number of nitrogens with zero attached hydrogens (tertiary/aromatic N) is 1. The smallest absolute Gasteiger partial charge is 0.258 e. The second-order valence-electron chi connectivity index (χ2n) is 2.84. The normalized spacial score (nSPS) is 10.9. The second kappa shape index (κ2) is 4.73. The Labute approximate surface area is 114 Å². The Morgan fingerprint density at radius 3 is 2.35 bits per heavy atom. The zero-order valence-corrected chi connectivity index (χ0v) is 12.0. The summed E-state index contributed by atoms with van der Waals surface area (Å²) in [6.45, 7) is 0. The molecule has 6 nitrogen and oxygen atoms in total. The number of terminal acetylenes is 1. The van der Waals surface area contributed by atoms with E-state index in [0.29, 0.717) is 0 Å². The van der Waals surface area contributed by atoms with Crippen molar-refractivity contribution in [1.29, 1.82) is 0 Å². The van der Waals surface area contributed by atoms with Gasteiger partial charge in [-0.3, -0.25) is 10.1 Å². The number of primary sulfonamides is 1. The number of benzene rings is 1. The number of nitrogens with two attached hydrogens (primary N) is 1. The predicted molar refractivity (Wildman–Crippen MR) is 67.8 cm³/mol. The first kappa shape index (κ1) is 14.1. The van der Waals surface area contributed by atoms with Crippen molar-refractivity contribution >= 4 is 47.6 Å². The van der Waals surface area contributed by atoms with Crippen LogP contribution in [0.3, 0.4) is 0 Å². The standard InChI is InChI=1S/C8H4Br2N2O4S/c1-2-4-7(10)5(9)3-6(12(13)14)8(4)17(11,15)16/h1,3H,(H2,11,15,16). The van der Waals surface area contributed by atoms with Crippen molar-refractivity contribution in [2.24, 2.45) is 5.14 Å². The molecule has 0 saturated heterocycles. The molecule has 0 fully saturated rings. The lowest BCUT2D eigenvalue weighted by Gasteiger charge is -2.07. The van der Waals surface area contributed by atoms with Crippen LogP contribution in [0, 0.1) is 22.5 Å². The van der Waals surface area contributed by atoms with Gasteiger partial charge in [0.15, 0.2) is 4.90 Å². The van der Waals surface area contributed by atoms with E-state index in [1.165, 1.54) is 0 Å². The highest BCUT2D eigenvalue weighted by Crippen LogP contribution is 2.37. The van der Waals surface area contributed by atoms with Gasteiger partial charge >= 0.3 is 0 Å². The first-order chi connectivity index (χ1) is 7.70. The van der Waals surface area contributed by atoms with Gasteiger partial charge in [0.2, 0.25) is 10.0 Å². The summed E-state index contributed by atoms with van der Waals surface area (Å²) in [6.07, 6.45) is 5.14. The lowest BCUT2D eigenvalue weighted by molar-refractivity contribution is -0.387. The zero-order chi connectivity index (χ0) is 13.4. The summed E-state index contributed by atoms with van der Waals surface area (Å²) in [6, 6.07) is 1.02. The molecule has 9 heteroatoms. The molecule has 0 saturated carbocycles. The lowest BCUT2D eigenvalue weighted by Crippen LogP contribution is -2.16. The van der Waals surface area contributed by atoms with Crippen molar-refractivity contribution in [3.8, 4) is 12.3 Å². The van der Waals surface area contributed by atoms with E-state index in [2.05, 4.69) is 37.8 Å². The number of hydrogen-bond donors (Lipinski definition) is 1. The van der Waals surface area contributed by atoms with Crippen LogP contribution in [0.1, 0.15) is 5.56 Å². The van der Waals surface area contributed by atoms with Crippen LogP contribution < -0.4 is 5.14 Å². The van der Waals surface area contributed by atoms with Gasteiger partial charge in [-0.1, -0.05) is 5.92 Å². The van der Waals surface area contributed by atoms with Gasteiger partial charge in [-0.2, -0.15) is 0 Å². The van der Waals surface area contributed by atoms with Crippen LogP contribution >= 0.6 is 31.9 Å². The molecule has 1 rings (SSSR count). The Balaban J connectivity index is 3.96. The topological polar surface area (TPSA) is 103 Å². The minimum Gasteiger partial charge on any atom is -0.258 e. The molecule has 0 heterocycles. The summed E-state index contributed by atoms with van der Waals surface area (Å²) in [7, 11) is -4.30. The molecule has 1 aromatic rings. The molecule has 0 aliphatic heterocycles. The van der Waals surface area contributed by atoms with E-state index >= 15 is 0 Å². The summed E-state index contributed by atoms with van der Waals surface area (Å²) < 4.78 is 23.2. The van der Waals surface area contributed by atoms with E-state index < -0.39 is 25.5 Å². The van der Waals surface area contributed by atoms with E-state index in [4.69, 9.17) is 11.6 Å². The van der Waals surface area contributed by atoms with Crippen LogP contribution in [0.4, 0.5) is 5.69 Å². The quantitative estimate of drug-likeness (QED) is 0.477. The van der Waals surface area contributed by atoms with Crippen molar-refractivity contribution in [1.82, 2.24) is 0 Å². The Morgan fingerprint density at radius 2 is 2.00 bits per heavy atom. The van der Waals surface area contributed by atoms with Crippen LogP contribution in [0.15, 0.2) is 19.9 Å². The molecule has 0 spiro atoms. The maximum atomic E-state index is 11.3. The molecule has 90 valence electrons. The third kappa shape index (κ3) is 2.66. The molecule has 0 aromatic heterocycles. The molecule has 0 bridgehead atoms. The van der Waals surface area contributed by atoms with Gasteiger partial charge in [0, 0.05) is 15.0 Å². The number of halogens is 2. The van der Waals surface area contributed by atoms with Gasteiger partial charge in [0.05, 0.1) is 10.5 Å². The summed E-state index contributed by atoms with van der Waals surface area (Å²) >= 11 is 6.06. The third-order valence-electron chi connectivity index (χ3n) is 1.78. The van der Waals surface area contributed by atoms with Gasteiger partial charge in [0.25, 0.3) is 5.69 Å². The average molecular weight is 384 g/mol. The van der Waals surface area contributed by atoms with Crippen LogP contribution in [0.25, 0.3) is 0 Å². The van der Waals surface area contributed by atoms with Crippen molar-refractivity contribution in [3.63, 3.8) is 0 Å². The largest absolute Gasteiger partial charge is 0.291 e. The Kier molecular flexibility index (Phi) is 3.93. The summed E-state index contributed by atoms with van der Waals surface area (Å²) in [5.41, 5.74) is -0.857. The molecular weight excluding hydrogens is 380 g/mol. The minimum absolute atomic E-state index is 0.187. The Hall–Kier alpha value is -0.950. The molecular formula is C8H4Br2N2O4S. The lowest BCUT2D eigenvalue weighted by atomic mass is 10.2. The number of sulfonamides is 1. The average Bonchev–Trinajstić information content (AvgIpc) is 2.19. The molecule has 0 radical (unpaired) electrons. The van der Waals surface area contributed by atoms with Crippen molar-refractivity contribution in [3.05, 3.63) is 30.7 Å². The molecule has 17 heavy (non-hydrogen) atoms. The van der Waals surface area contributed by atoms with E-state index in [1.807, 2.05) is 0 Å². The fourth-order valence-electron chi connectivity index (χ4n) is 1.15. The predicted octanol–water partition coefficient (Wildman–Crippen LogP) is 1.75. The van der Waals surface area contributed by atoms with Crippen LogP contribution in [-0.2, 0) is 10.0 Å². The summed E-state index contributed by atoms with van der Waals surface area (Å²) in [5.74, 6) is 2.07. The number of nitro groups is 1. The fraction of sp³-hybridized carbons (Fsp3) is 0. The van der Waals surface area contributed by atoms with Gasteiger partial charge in [-0.15, -0.1) is 6.42 Å².